The van der Waals surface area contributed by atoms with Gasteiger partial charge in [0.25, 0.3) is 0 Å². The van der Waals surface area contributed by atoms with E-state index in [-0.39, 0.29) is 0 Å². The van der Waals surface area contributed by atoms with Crippen LogP contribution < -0.4 is 5.32 Å². The SMILES string of the molecule is CC1(C)CCCC1NCCCCCCO. The van der Waals surface area contributed by atoms with Crippen molar-refractivity contribution < 1.29 is 5.11 Å². The lowest BCUT2D eigenvalue weighted by atomic mass is 9.87. The molecule has 0 spiro atoms. The van der Waals surface area contributed by atoms with Crippen LogP contribution in [-0.2, 0) is 0 Å². The van der Waals surface area contributed by atoms with E-state index in [0.29, 0.717) is 12.0 Å². The van der Waals surface area contributed by atoms with Crippen molar-refractivity contribution >= 4 is 0 Å². The largest absolute Gasteiger partial charge is 0.396 e. The quantitative estimate of drug-likeness (QED) is 0.637. The Morgan fingerprint density at radius 2 is 1.93 bits per heavy atom. The molecule has 2 N–H and O–H groups in total. The third-order valence-electron chi connectivity index (χ3n) is 3.73. The minimum absolute atomic E-state index is 0.350. The zero-order valence-electron chi connectivity index (χ0n) is 10.4. The number of unbranched alkanes of at least 4 members (excludes halogenated alkanes) is 3. The average molecular weight is 213 g/mol. The maximum atomic E-state index is 8.65. The fraction of sp³-hybridized carbons (Fsp3) is 1.00. The molecule has 0 bridgehead atoms. The van der Waals surface area contributed by atoms with Gasteiger partial charge in [-0.3, -0.25) is 0 Å². The minimum atomic E-state index is 0.350. The highest BCUT2D eigenvalue weighted by Gasteiger charge is 2.33. The molecule has 1 rings (SSSR count). The highest BCUT2D eigenvalue weighted by atomic mass is 16.2. The maximum absolute atomic E-state index is 8.65. The first-order valence-corrected chi connectivity index (χ1v) is 6.51. The van der Waals surface area contributed by atoms with Gasteiger partial charge < -0.3 is 10.4 Å². The lowest BCUT2D eigenvalue weighted by molar-refractivity contribution is 0.275. The van der Waals surface area contributed by atoms with Crippen LogP contribution in [0.25, 0.3) is 0 Å². The van der Waals surface area contributed by atoms with Crippen molar-refractivity contribution in [2.75, 3.05) is 13.2 Å². The van der Waals surface area contributed by atoms with Crippen LogP contribution >= 0.6 is 0 Å². The van der Waals surface area contributed by atoms with Gasteiger partial charge in [0.05, 0.1) is 0 Å². The van der Waals surface area contributed by atoms with Crippen LogP contribution in [0.2, 0.25) is 0 Å². The highest BCUT2D eigenvalue weighted by molar-refractivity contribution is 4.89. The molecule has 0 aliphatic heterocycles. The second-order valence-corrected chi connectivity index (χ2v) is 5.53. The van der Waals surface area contributed by atoms with Crippen molar-refractivity contribution in [1.82, 2.24) is 5.32 Å². The number of rotatable bonds is 7. The summed E-state index contributed by atoms with van der Waals surface area (Å²) in [5.41, 5.74) is 0.505. The third-order valence-corrected chi connectivity index (χ3v) is 3.73. The zero-order valence-corrected chi connectivity index (χ0v) is 10.4. The molecule has 0 aromatic heterocycles. The molecule has 1 unspecified atom stereocenters. The summed E-state index contributed by atoms with van der Waals surface area (Å²) >= 11 is 0. The van der Waals surface area contributed by atoms with Crippen molar-refractivity contribution in [2.45, 2.75) is 64.8 Å². The van der Waals surface area contributed by atoms with Crippen molar-refractivity contribution in [3.8, 4) is 0 Å². The minimum Gasteiger partial charge on any atom is -0.396 e. The normalized spacial score (nSPS) is 24.6. The summed E-state index contributed by atoms with van der Waals surface area (Å²) < 4.78 is 0. The van der Waals surface area contributed by atoms with Gasteiger partial charge in [-0.1, -0.05) is 33.1 Å². The van der Waals surface area contributed by atoms with E-state index in [2.05, 4.69) is 19.2 Å². The van der Waals surface area contributed by atoms with E-state index in [0.717, 1.165) is 19.0 Å². The maximum Gasteiger partial charge on any atom is 0.0431 e. The number of aliphatic hydroxyl groups is 1. The number of nitrogens with one attached hydrogen (secondary N) is 1. The summed E-state index contributed by atoms with van der Waals surface area (Å²) in [4.78, 5) is 0. The summed E-state index contributed by atoms with van der Waals surface area (Å²) in [5.74, 6) is 0. The first-order valence-electron chi connectivity index (χ1n) is 6.51. The van der Waals surface area contributed by atoms with Gasteiger partial charge in [-0.25, -0.2) is 0 Å². The molecule has 2 heteroatoms. The fourth-order valence-electron chi connectivity index (χ4n) is 2.57. The molecule has 0 heterocycles. The second-order valence-electron chi connectivity index (χ2n) is 5.53. The number of hydrogen-bond donors (Lipinski definition) is 2. The van der Waals surface area contributed by atoms with Gasteiger partial charge in [-0.05, 0) is 37.6 Å². The molecule has 15 heavy (non-hydrogen) atoms. The fourth-order valence-corrected chi connectivity index (χ4v) is 2.57. The van der Waals surface area contributed by atoms with Crippen LogP contribution in [0.1, 0.15) is 58.8 Å². The van der Waals surface area contributed by atoms with Crippen molar-refractivity contribution in [3.05, 3.63) is 0 Å². The van der Waals surface area contributed by atoms with E-state index in [1.54, 1.807) is 0 Å². The molecule has 1 aliphatic rings. The Bertz CT molecular complexity index is 168. The Kier molecular flexibility index (Phi) is 5.62. The molecule has 1 saturated carbocycles. The third kappa shape index (κ3) is 4.52. The van der Waals surface area contributed by atoms with Gasteiger partial charge in [-0.15, -0.1) is 0 Å². The Morgan fingerprint density at radius 1 is 1.20 bits per heavy atom. The smallest absolute Gasteiger partial charge is 0.0431 e. The molecule has 1 fully saturated rings. The van der Waals surface area contributed by atoms with Gasteiger partial charge in [0.1, 0.15) is 0 Å². The second kappa shape index (κ2) is 6.49. The van der Waals surface area contributed by atoms with Gasteiger partial charge in [0, 0.05) is 12.6 Å². The number of aliphatic hydroxyl groups excluding tert-OH is 1. The predicted octanol–water partition coefficient (Wildman–Crippen LogP) is 2.71. The summed E-state index contributed by atoms with van der Waals surface area (Å²) in [5, 5.41) is 12.3. The Balaban J connectivity index is 2.00. The molecule has 0 aromatic carbocycles. The first-order chi connectivity index (χ1) is 7.17. The van der Waals surface area contributed by atoms with E-state index < -0.39 is 0 Å². The van der Waals surface area contributed by atoms with Crippen LogP contribution in [-0.4, -0.2) is 24.3 Å². The zero-order chi connectivity index (χ0) is 11.1. The molecule has 0 saturated heterocycles. The van der Waals surface area contributed by atoms with E-state index in [4.69, 9.17) is 5.11 Å². The van der Waals surface area contributed by atoms with Crippen molar-refractivity contribution in [3.63, 3.8) is 0 Å². The summed E-state index contributed by atoms with van der Waals surface area (Å²) in [6, 6.07) is 0.732. The summed E-state index contributed by atoms with van der Waals surface area (Å²) in [7, 11) is 0. The van der Waals surface area contributed by atoms with Crippen LogP contribution in [0.15, 0.2) is 0 Å². The molecule has 2 nitrogen and oxygen atoms in total. The molecular weight excluding hydrogens is 186 g/mol. The van der Waals surface area contributed by atoms with Crippen LogP contribution in [0.4, 0.5) is 0 Å². The summed E-state index contributed by atoms with van der Waals surface area (Å²) in [6.45, 7) is 6.26. The van der Waals surface area contributed by atoms with Gasteiger partial charge >= 0.3 is 0 Å². The molecule has 0 amide bonds. The topological polar surface area (TPSA) is 32.3 Å². The molecule has 1 atom stereocenters. The monoisotopic (exact) mass is 213 g/mol. The van der Waals surface area contributed by atoms with E-state index >= 15 is 0 Å². The Hall–Kier alpha value is -0.0800. The molecule has 1 aliphatic carbocycles. The highest BCUT2D eigenvalue weighted by Crippen LogP contribution is 2.37. The standard InChI is InChI=1S/C13H27NO/c1-13(2)9-7-8-12(13)14-10-5-3-4-6-11-15/h12,14-15H,3-11H2,1-2H3. The molecule has 90 valence electrons. The predicted molar refractivity (Wildman–Crippen MR) is 65.0 cm³/mol. The average Bonchev–Trinajstić information content (AvgIpc) is 2.52. The summed E-state index contributed by atoms with van der Waals surface area (Å²) in [6.07, 6.45) is 8.75. The first kappa shape index (κ1) is 13.0. The molecular formula is C13H27NO. The van der Waals surface area contributed by atoms with Gasteiger partial charge in [0.15, 0.2) is 0 Å². The Labute approximate surface area is 94.5 Å². The van der Waals surface area contributed by atoms with Crippen LogP contribution in [0.3, 0.4) is 0 Å². The lowest BCUT2D eigenvalue weighted by Gasteiger charge is -2.28. The van der Waals surface area contributed by atoms with E-state index in [9.17, 15) is 0 Å². The van der Waals surface area contributed by atoms with Crippen LogP contribution in [0, 0.1) is 5.41 Å². The van der Waals surface area contributed by atoms with E-state index in [1.165, 1.54) is 38.5 Å². The van der Waals surface area contributed by atoms with Crippen molar-refractivity contribution in [1.29, 1.82) is 0 Å². The molecule has 0 radical (unpaired) electrons. The van der Waals surface area contributed by atoms with Crippen molar-refractivity contribution in [2.24, 2.45) is 5.41 Å². The van der Waals surface area contributed by atoms with Gasteiger partial charge in [0.2, 0.25) is 0 Å². The van der Waals surface area contributed by atoms with Crippen LogP contribution in [0.5, 0.6) is 0 Å². The molecule has 0 aromatic rings. The number of hydrogen-bond acceptors (Lipinski definition) is 2. The van der Waals surface area contributed by atoms with E-state index in [1.807, 2.05) is 0 Å². The van der Waals surface area contributed by atoms with Gasteiger partial charge in [-0.2, -0.15) is 0 Å². The Morgan fingerprint density at radius 3 is 2.53 bits per heavy atom. The lowest BCUT2D eigenvalue weighted by Crippen LogP contribution is -2.38.